The van der Waals surface area contributed by atoms with Gasteiger partial charge >= 0.3 is 0 Å². The van der Waals surface area contributed by atoms with Crippen molar-refractivity contribution in [3.8, 4) is 0 Å². The summed E-state index contributed by atoms with van der Waals surface area (Å²) in [6, 6.07) is 8.95. The summed E-state index contributed by atoms with van der Waals surface area (Å²) in [7, 11) is 0.0606. The lowest BCUT2D eigenvalue weighted by Gasteiger charge is -1.98. The molecule has 0 unspecified atom stereocenters. The largest absolute Gasteiger partial charge is 0.0708 e. The zero-order valence-electron chi connectivity index (χ0n) is 6.72. The van der Waals surface area contributed by atoms with Crippen molar-refractivity contribution in [3.05, 3.63) is 29.8 Å². The van der Waals surface area contributed by atoms with Gasteiger partial charge in [0.15, 0.2) is 0 Å². The van der Waals surface area contributed by atoms with Crippen molar-refractivity contribution < 1.29 is 0 Å². The van der Waals surface area contributed by atoms with Crippen LogP contribution in [0.25, 0.3) is 0 Å². The van der Waals surface area contributed by atoms with Crippen molar-refractivity contribution in [3.63, 3.8) is 0 Å². The van der Waals surface area contributed by atoms with Gasteiger partial charge in [-0.05, 0) is 12.0 Å². The fourth-order valence-electron chi connectivity index (χ4n) is 1.07. The topological polar surface area (TPSA) is 0 Å². The molecule has 0 radical (unpaired) electrons. The van der Waals surface area contributed by atoms with E-state index in [9.17, 15) is 0 Å². The van der Waals surface area contributed by atoms with Crippen LogP contribution < -0.4 is 5.19 Å². The minimum atomic E-state index is 0.0606. The highest BCUT2D eigenvalue weighted by Gasteiger charge is 1.89. The van der Waals surface area contributed by atoms with Crippen LogP contribution in [0.5, 0.6) is 0 Å². The van der Waals surface area contributed by atoms with E-state index in [1.807, 2.05) is 0 Å². The molecule has 0 aliphatic heterocycles. The third-order valence-corrected chi connectivity index (χ3v) is 3.06. The van der Waals surface area contributed by atoms with E-state index in [4.69, 9.17) is 0 Å². The highest BCUT2D eigenvalue weighted by Crippen LogP contribution is 1.95. The summed E-state index contributed by atoms with van der Waals surface area (Å²) in [5.74, 6) is 0. The molecule has 1 heteroatoms. The van der Waals surface area contributed by atoms with Gasteiger partial charge in [-0.2, -0.15) is 0 Å². The first-order chi connectivity index (χ1) is 4.86. The highest BCUT2D eigenvalue weighted by atomic mass is 28.2. The van der Waals surface area contributed by atoms with E-state index < -0.39 is 0 Å². The van der Waals surface area contributed by atoms with Crippen LogP contribution in [0.2, 0.25) is 6.55 Å². The minimum Gasteiger partial charge on any atom is -0.0708 e. The molecule has 10 heavy (non-hydrogen) atoms. The summed E-state index contributed by atoms with van der Waals surface area (Å²) >= 11 is 0. The summed E-state index contributed by atoms with van der Waals surface area (Å²) in [5, 5.41) is 1.58. The SMILES string of the molecule is CCc1cccc([SiH2]C)c1. The van der Waals surface area contributed by atoms with E-state index in [1.165, 1.54) is 12.0 Å². The standard InChI is InChI=1S/C9H14Si/c1-3-8-5-4-6-9(7-8)10-2/h4-7H,3,10H2,1-2H3. The van der Waals surface area contributed by atoms with Crippen LogP contribution in [0.3, 0.4) is 0 Å². The lowest BCUT2D eigenvalue weighted by molar-refractivity contribution is 1.14. The highest BCUT2D eigenvalue weighted by molar-refractivity contribution is 6.51. The van der Waals surface area contributed by atoms with Crippen molar-refractivity contribution in [1.29, 1.82) is 0 Å². The summed E-state index contributed by atoms with van der Waals surface area (Å²) in [6.07, 6.45) is 1.17. The lowest BCUT2D eigenvalue weighted by atomic mass is 10.2. The summed E-state index contributed by atoms with van der Waals surface area (Å²) in [4.78, 5) is 0. The molecule has 0 aromatic heterocycles. The number of hydrogen-bond donors (Lipinski definition) is 0. The first-order valence-corrected chi connectivity index (χ1v) is 6.06. The second kappa shape index (κ2) is 3.57. The third kappa shape index (κ3) is 1.71. The zero-order valence-corrected chi connectivity index (χ0v) is 8.14. The van der Waals surface area contributed by atoms with Gasteiger partial charge < -0.3 is 0 Å². The monoisotopic (exact) mass is 150 g/mol. The van der Waals surface area contributed by atoms with Crippen LogP contribution in [0.4, 0.5) is 0 Å². The fraction of sp³-hybridized carbons (Fsp3) is 0.333. The summed E-state index contributed by atoms with van der Waals surface area (Å²) < 4.78 is 0. The first-order valence-electron chi connectivity index (χ1n) is 3.94. The molecule has 1 aromatic rings. The maximum Gasteiger partial charge on any atom is 0.0517 e. The average molecular weight is 150 g/mol. The molecule has 1 rings (SSSR count). The Morgan fingerprint density at radius 1 is 1.40 bits per heavy atom. The quantitative estimate of drug-likeness (QED) is 0.554. The first kappa shape index (κ1) is 7.54. The molecular weight excluding hydrogens is 136 g/mol. The molecule has 0 heterocycles. The Balaban J connectivity index is 2.87. The minimum absolute atomic E-state index is 0.0606. The Hall–Kier alpha value is -0.563. The Labute approximate surface area is 65.1 Å². The van der Waals surface area contributed by atoms with Crippen LogP contribution in [-0.2, 0) is 6.42 Å². The lowest BCUT2D eigenvalue weighted by Crippen LogP contribution is -2.09. The molecule has 0 N–H and O–H groups in total. The molecule has 0 fully saturated rings. The number of benzene rings is 1. The molecule has 0 atom stereocenters. The van der Waals surface area contributed by atoms with Gasteiger partial charge in [0.1, 0.15) is 0 Å². The molecule has 0 aliphatic carbocycles. The van der Waals surface area contributed by atoms with Crippen molar-refractivity contribution in [1.82, 2.24) is 0 Å². The third-order valence-electron chi connectivity index (χ3n) is 1.81. The van der Waals surface area contributed by atoms with Gasteiger partial charge in [-0.3, -0.25) is 0 Å². The molecule has 54 valence electrons. The van der Waals surface area contributed by atoms with Crippen LogP contribution >= 0.6 is 0 Å². The maximum atomic E-state index is 2.34. The van der Waals surface area contributed by atoms with E-state index in [0.717, 1.165) is 0 Å². The van der Waals surface area contributed by atoms with Gasteiger partial charge in [0.2, 0.25) is 0 Å². The molecule has 0 amide bonds. The summed E-state index contributed by atoms with van der Waals surface area (Å²) in [6.45, 7) is 4.53. The Kier molecular flexibility index (Phi) is 2.69. The smallest absolute Gasteiger partial charge is 0.0517 e. The number of hydrogen-bond acceptors (Lipinski definition) is 0. The van der Waals surface area contributed by atoms with Gasteiger partial charge in [0, 0.05) is 0 Å². The van der Waals surface area contributed by atoms with Gasteiger partial charge in [-0.25, -0.2) is 0 Å². The molecule has 1 aromatic carbocycles. The van der Waals surface area contributed by atoms with Gasteiger partial charge in [0.05, 0.1) is 9.52 Å². The average Bonchev–Trinajstić information content (AvgIpc) is 2.05. The molecule has 0 saturated heterocycles. The predicted octanol–water partition coefficient (Wildman–Crippen LogP) is 1.09. The zero-order chi connectivity index (χ0) is 7.40. The molecule has 0 spiro atoms. The molecule has 0 nitrogen and oxygen atoms in total. The molecular formula is C9H14Si. The second-order valence-electron chi connectivity index (χ2n) is 2.53. The van der Waals surface area contributed by atoms with E-state index in [2.05, 4.69) is 37.7 Å². The van der Waals surface area contributed by atoms with E-state index >= 15 is 0 Å². The van der Waals surface area contributed by atoms with Crippen molar-refractivity contribution in [2.45, 2.75) is 19.9 Å². The van der Waals surface area contributed by atoms with Gasteiger partial charge in [0.25, 0.3) is 0 Å². The van der Waals surface area contributed by atoms with Crippen molar-refractivity contribution in [2.75, 3.05) is 0 Å². The van der Waals surface area contributed by atoms with Crippen molar-refractivity contribution in [2.24, 2.45) is 0 Å². The number of aryl methyl sites for hydroxylation is 1. The van der Waals surface area contributed by atoms with Crippen LogP contribution in [0.15, 0.2) is 24.3 Å². The van der Waals surface area contributed by atoms with Crippen molar-refractivity contribution >= 4 is 14.7 Å². The molecule has 0 bridgehead atoms. The summed E-state index contributed by atoms with van der Waals surface area (Å²) in [5.41, 5.74) is 1.48. The van der Waals surface area contributed by atoms with E-state index in [1.54, 1.807) is 5.19 Å². The van der Waals surface area contributed by atoms with E-state index in [0.29, 0.717) is 0 Å². The Morgan fingerprint density at radius 3 is 2.80 bits per heavy atom. The van der Waals surface area contributed by atoms with Gasteiger partial charge in [-0.15, -0.1) is 0 Å². The Morgan fingerprint density at radius 2 is 2.20 bits per heavy atom. The fourth-order valence-corrected chi connectivity index (χ4v) is 1.91. The van der Waals surface area contributed by atoms with Crippen LogP contribution in [-0.4, -0.2) is 9.52 Å². The van der Waals surface area contributed by atoms with Crippen LogP contribution in [0, 0.1) is 0 Å². The van der Waals surface area contributed by atoms with E-state index in [-0.39, 0.29) is 9.52 Å². The second-order valence-corrected chi connectivity index (χ2v) is 4.05. The van der Waals surface area contributed by atoms with Gasteiger partial charge in [-0.1, -0.05) is 42.9 Å². The van der Waals surface area contributed by atoms with Crippen LogP contribution in [0.1, 0.15) is 12.5 Å². The number of rotatable bonds is 2. The Bertz CT molecular complexity index is 186. The predicted molar refractivity (Wildman–Crippen MR) is 49.9 cm³/mol. The molecule has 0 saturated carbocycles. The molecule has 0 aliphatic rings. The normalized spacial score (nSPS) is 11.0. The maximum absolute atomic E-state index is 2.34.